The summed E-state index contributed by atoms with van der Waals surface area (Å²) in [7, 11) is 1.65. The predicted molar refractivity (Wildman–Crippen MR) is 82.7 cm³/mol. The van der Waals surface area contributed by atoms with Gasteiger partial charge in [-0.25, -0.2) is 0 Å². The first kappa shape index (κ1) is 16.2. The molecule has 0 unspecified atom stereocenters. The van der Waals surface area contributed by atoms with Crippen molar-refractivity contribution >= 4 is 16.5 Å². The zero-order valence-electron chi connectivity index (χ0n) is 12.3. The summed E-state index contributed by atoms with van der Waals surface area (Å²) in [5, 5.41) is 8.45. The molecule has 110 valence electrons. The lowest BCUT2D eigenvalue weighted by atomic mass is 10.1. The van der Waals surface area contributed by atoms with E-state index in [1.54, 1.807) is 7.11 Å². The third-order valence-electron chi connectivity index (χ3n) is 2.80. The van der Waals surface area contributed by atoms with Gasteiger partial charge >= 0.3 is 0 Å². The summed E-state index contributed by atoms with van der Waals surface area (Å²) >= 11 is 1.24. The van der Waals surface area contributed by atoms with Gasteiger partial charge in [0.25, 0.3) is 5.19 Å². The van der Waals surface area contributed by atoms with E-state index >= 15 is 0 Å². The smallest absolute Gasteiger partial charge is 0.296 e. The van der Waals surface area contributed by atoms with Crippen LogP contribution in [0.2, 0.25) is 0 Å². The Labute approximate surface area is 123 Å². The number of ether oxygens (including phenoxy) is 2. The van der Waals surface area contributed by atoms with E-state index < -0.39 is 0 Å². The van der Waals surface area contributed by atoms with Crippen molar-refractivity contribution in [3.05, 3.63) is 35.1 Å². The molecule has 0 aliphatic rings. The van der Waals surface area contributed by atoms with E-state index in [9.17, 15) is 0 Å². The van der Waals surface area contributed by atoms with Crippen molar-refractivity contribution in [1.29, 1.82) is 0 Å². The SMILES string of the molecule is CC\C(C)=C(/C=C\C=C(/C)OC)COc1nnc(N)s1. The minimum absolute atomic E-state index is 0.409. The fourth-order valence-corrected chi connectivity index (χ4v) is 1.79. The van der Waals surface area contributed by atoms with Crippen LogP contribution in [-0.4, -0.2) is 23.9 Å². The molecule has 0 saturated heterocycles. The molecule has 5 nitrogen and oxygen atoms in total. The Kier molecular flexibility index (Phi) is 6.79. The average Bonchev–Trinajstić information content (AvgIpc) is 2.87. The molecular formula is C14H21N3O2S. The molecule has 1 aromatic heterocycles. The van der Waals surface area contributed by atoms with Gasteiger partial charge in [-0.3, -0.25) is 0 Å². The van der Waals surface area contributed by atoms with Gasteiger partial charge in [0.15, 0.2) is 0 Å². The van der Waals surface area contributed by atoms with E-state index in [2.05, 4.69) is 24.0 Å². The van der Waals surface area contributed by atoms with Crippen molar-refractivity contribution in [1.82, 2.24) is 10.2 Å². The van der Waals surface area contributed by atoms with Crippen molar-refractivity contribution in [3.63, 3.8) is 0 Å². The molecule has 1 rings (SSSR count). The Hall–Kier alpha value is -1.82. The molecule has 0 amide bonds. The number of nitrogen functional groups attached to an aromatic ring is 1. The van der Waals surface area contributed by atoms with Crippen LogP contribution in [0, 0.1) is 0 Å². The van der Waals surface area contributed by atoms with E-state index in [1.165, 1.54) is 16.9 Å². The Morgan fingerprint density at radius 1 is 1.35 bits per heavy atom. The zero-order valence-corrected chi connectivity index (χ0v) is 13.2. The maximum absolute atomic E-state index is 5.60. The highest BCUT2D eigenvalue weighted by Crippen LogP contribution is 2.20. The van der Waals surface area contributed by atoms with Crippen LogP contribution in [0.5, 0.6) is 5.19 Å². The quantitative estimate of drug-likeness (QED) is 0.617. The number of nitrogens with two attached hydrogens (primary N) is 1. The highest BCUT2D eigenvalue weighted by Gasteiger charge is 2.04. The maximum atomic E-state index is 5.60. The third kappa shape index (κ3) is 5.44. The van der Waals surface area contributed by atoms with Gasteiger partial charge in [0.05, 0.1) is 12.9 Å². The van der Waals surface area contributed by atoms with Crippen LogP contribution in [0.1, 0.15) is 27.2 Å². The molecule has 1 heterocycles. The number of rotatable bonds is 7. The molecule has 0 atom stereocenters. The summed E-state index contributed by atoms with van der Waals surface area (Å²) < 4.78 is 10.7. The lowest BCUT2D eigenvalue weighted by molar-refractivity contribution is 0.294. The van der Waals surface area contributed by atoms with E-state index in [-0.39, 0.29) is 0 Å². The second-order valence-electron chi connectivity index (χ2n) is 4.19. The summed E-state index contributed by atoms with van der Waals surface area (Å²) in [6, 6.07) is 0. The highest BCUT2D eigenvalue weighted by molar-refractivity contribution is 7.16. The molecule has 0 bridgehead atoms. The molecule has 6 heteroatoms. The van der Waals surface area contributed by atoms with Crippen molar-refractivity contribution in [2.75, 3.05) is 19.5 Å². The van der Waals surface area contributed by atoms with E-state index in [0.29, 0.717) is 16.9 Å². The molecule has 0 fully saturated rings. The first-order valence-corrected chi connectivity index (χ1v) is 7.17. The fraction of sp³-hybridized carbons (Fsp3) is 0.429. The normalized spacial score (nSPS) is 13.5. The predicted octanol–water partition coefficient (Wildman–Crippen LogP) is 3.33. The van der Waals surface area contributed by atoms with Crippen LogP contribution in [0.15, 0.2) is 35.1 Å². The summed E-state index contributed by atoms with van der Waals surface area (Å²) in [5.74, 6) is 0.854. The lowest BCUT2D eigenvalue weighted by Crippen LogP contribution is -2.01. The first-order chi connectivity index (χ1) is 9.56. The second kappa shape index (κ2) is 8.37. The van der Waals surface area contributed by atoms with Gasteiger partial charge < -0.3 is 15.2 Å². The van der Waals surface area contributed by atoms with Gasteiger partial charge in [0.1, 0.15) is 6.61 Å². The molecule has 0 radical (unpaired) electrons. The van der Waals surface area contributed by atoms with Crippen LogP contribution in [-0.2, 0) is 4.74 Å². The molecule has 0 aromatic carbocycles. The Balaban J connectivity index is 2.71. The first-order valence-electron chi connectivity index (χ1n) is 6.36. The summed E-state index contributed by atoms with van der Waals surface area (Å²) in [5.41, 5.74) is 7.90. The van der Waals surface area contributed by atoms with Crippen LogP contribution in [0.4, 0.5) is 5.13 Å². The zero-order chi connectivity index (χ0) is 15.0. The summed E-state index contributed by atoms with van der Waals surface area (Å²) in [6.07, 6.45) is 6.84. The molecular weight excluding hydrogens is 274 g/mol. The average molecular weight is 295 g/mol. The Bertz CT molecular complexity index is 518. The largest absolute Gasteiger partial charge is 0.501 e. The fourth-order valence-electron chi connectivity index (χ4n) is 1.33. The van der Waals surface area contributed by atoms with Gasteiger partial charge in [0, 0.05) is 0 Å². The van der Waals surface area contributed by atoms with E-state index in [4.69, 9.17) is 15.2 Å². The van der Waals surface area contributed by atoms with E-state index in [1.807, 2.05) is 25.2 Å². The number of methoxy groups -OCH3 is 1. The number of allylic oxidation sites excluding steroid dienone is 4. The van der Waals surface area contributed by atoms with Crippen LogP contribution < -0.4 is 10.5 Å². The van der Waals surface area contributed by atoms with Crippen LogP contribution in [0.25, 0.3) is 0 Å². The monoisotopic (exact) mass is 295 g/mol. The van der Waals surface area contributed by atoms with Gasteiger partial charge in [-0.1, -0.05) is 29.7 Å². The molecule has 0 aliphatic carbocycles. The standard InChI is InChI=1S/C14H21N3O2S/c1-5-10(2)12(8-6-7-11(3)18-4)9-19-14-17-16-13(15)20-14/h6-8H,5,9H2,1-4H3,(H2,15,16)/b8-6-,11-7+,12-10+. The van der Waals surface area contributed by atoms with Gasteiger partial charge in [-0.05, 0) is 43.3 Å². The van der Waals surface area contributed by atoms with Gasteiger partial charge in [0.2, 0.25) is 5.13 Å². The van der Waals surface area contributed by atoms with Crippen LogP contribution in [0.3, 0.4) is 0 Å². The number of anilines is 1. The molecule has 1 aromatic rings. The third-order valence-corrected chi connectivity index (χ3v) is 3.47. The van der Waals surface area contributed by atoms with Crippen molar-refractivity contribution in [3.8, 4) is 5.19 Å². The summed E-state index contributed by atoms with van der Waals surface area (Å²) in [6.45, 7) is 6.55. The van der Waals surface area contributed by atoms with Crippen LogP contribution >= 0.6 is 11.3 Å². The summed E-state index contributed by atoms with van der Waals surface area (Å²) in [4.78, 5) is 0. The highest BCUT2D eigenvalue weighted by atomic mass is 32.1. The number of hydrogen-bond acceptors (Lipinski definition) is 6. The van der Waals surface area contributed by atoms with Gasteiger partial charge in [-0.15, -0.1) is 5.10 Å². The molecule has 0 aliphatic heterocycles. The molecule has 2 N–H and O–H groups in total. The lowest BCUT2D eigenvalue weighted by Gasteiger charge is -2.07. The molecule has 0 spiro atoms. The van der Waals surface area contributed by atoms with E-state index in [0.717, 1.165) is 17.8 Å². The second-order valence-corrected chi connectivity index (χ2v) is 5.17. The Morgan fingerprint density at radius 2 is 2.10 bits per heavy atom. The number of hydrogen-bond donors (Lipinski definition) is 1. The van der Waals surface area contributed by atoms with Gasteiger partial charge in [-0.2, -0.15) is 0 Å². The minimum atomic E-state index is 0.409. The number of nitrogens with zero attached hydrogens (tertiary/aromatic N) is 2. The maximum Gasteiger partial charge on any atom is 0.296 e. The topological polar surface area (TPSA) is 70.3 Å². The van der Waals surface area contributed by atoms with Crippen molar-refractivity contribution in [2.24, 2.45) is 0 Å². The minimum Gasteiger partial charge on any atom is -0.501 e. The van der Waals surface area contributed by atoms with Crippen molar-refractivity contribution < 1.29 is 9.47 Å². The Morgan fingerprint density at radius 3 is 2.65 bits per heavy atom. The number of aromatic nitrogens is 2. The molecule has 0 saturated carbocycles. The van der Waals surface area contributed by atoms with Crippen molar-refractivity contribution in [2.45, 2.75) is 27.2 Å². The molecule has 20 heavy (non-hydrogen) atoms.